The van der Waals surface area contributed by atoms with E-state index in [0.717, 1.165) is 28.0 Å². The van der Waals surface area contributed by atoms with Crippen LogP contribution in [0.3, 0.4) is 0 Å². The van der Waals surface area contributed by atoms with Gasteiger partial charge in [0.1, 0.15) is 11.6 Å². The lowest BCUT2D eigenvalue weighted by Crippen LogP contribution is -2.22. The fourth-order valence-electron chi connectivity index (χ4n) is 2.49. The van der Waals surface area contributed by atoms with Crippen LogP contribution >= 0.6 is 0 Å². The van der Waals surface area contributed by atoms with Gasteiger partial charge in [-0.2, -0.15) is 0 Å². The van der Waals surface area contributed by atoms with Gasteiger partial charge >= 0.3 is 0 Å². The maximum atomic E-state index is 12.8. The third kappa shape index (κ3) is 3.94. The molecule has 0 aliphatic carbocycles. The van der Waals surface area contributed by atoms with Crippen molar-refractivity contribution in [2.24, 2.45) is 0 Å². The molecule has 2 aromatic carbocycles. The predicted molar refractivity (Wildman–Crippen MR) is 87.4 cm³/mol. The van der Waals surface area contributed by atoms with E-state index in [1.807, 2.05) is 25.1 Å². The first-order valence-corrected chi connectivity index (χ1v) is 7.56. The number of nitrogens with zero attached hydrogens (tertiary/aromatic N) is 1. The summed E-state index contributed by atoms with van der Waals surface area (Å²) in [6, 6.07) is 12.1. The summed E-state index contributed by atoms with van der Waals surface area (Å²) in [6.45, 7) is 2.40. The molecule has 0 spiro atoms. The SMILES string of the molecule is Cc1nc2ccc(CNC(=O)CCc3ccc(F)cc3)cc2[nH]1. The zero-order chi connectivity index (χ0) is 16.2. The van der Waals surface area contributed by atoms with Gasteiger partial charge in [0.2, 0.25) is 5.91 Å². The molecule has 5 heteroatoms. The topological polar surface area (TPSA) is 57.8 Å². The maximum absolute atomic E-state index is 12.8. The number of amides is 1. The molecule has 0 aliphatic rings. The molecule has 1 aromatic heterocycles. The summed E-state index contributed by atoms with van der Waals surface area (Å²) in [6.07, 6.45) is 0.988. The van der Waals surface area contributed by atoms with Crippen LogP contribution in [0.2, 0.25) is 0 Å². The van der Waals surface area contributed by atoms with Crippen molar-refractivity contribution >= 4 is 16.9 Å². The number of nitrogens with one attached hydrogen (secondary N) is 2. The van der Waals surface area contributed by atoms with E-state index in [0.29, 0.717) is 19.4 Å². The lowest BCUT2D eigenvalue weighted by atomic mass is 10.1. The first kappa shape index (κ1) is 15.2. The number of halogens is 1. The number of rotatable bonds is 5. The summed E-state index contributed by atoms with van der Waals surface area (Å²) in [4.78, 5) is 19.5. The summed E-state index contributed by atoms with van der Waals surface area (Å²) < 4.78 is 12.8. The van der Waals surface area contributed by atoms with E-state index in [2.05, 4.69) is 15.3 Å². The smallest absolute Gasteiger partial charge is 0.220 e. The number of hydrogen-bond donors (Lipinski definition) is 2. The molecule has 3 aromatic rings. The van der Waals surface area contributed by atoms with Crippen molar-refractivity contribution < 1.29 is 9.18 Å². The first-order chi connectivity index (χ1) is 11.1. The molecule has 0 radical (unpaired) electrons. The molecule has 3 rings (SSSR count). The number of benzene rings is 2. The number of carbonyl (C=O) groups is 1. The van der Waals surface area contributed by atoms with Crippen LogP contribution in [-0.4, -0.2) is 15.9 Å². The van der Waals surface area contributed by atoms with Gasteiger partial charge < -0.3 is 10.3 Å². The average Bonchev–Trinajstić information content (AvgIpc) is 2.91. The van der Waals surface area contributed by atoms with Gasteiger partial charge in [0.15, 0.2) is 0 Å². The Morgan fingerprint density at radius 3 is 2.70 bits per heavy atom. The van der Waals surface area contributed by atoms with Gasteiger partial charge in [0.05, 0.1) is 11.0 Å². The van der Waals surface area contributed by atoms with Gasteiger partial charge in [-0.05, 0) is 48.7 Å². The molecular formula is C18H18FN3O. The fraction of sp³-hybridized carbons (Fsp3) is 0.222. The van der Waals surface area contributed by atoms with Crippen molar-refractivity contribution in [2.45, 2.75) is 26.3 Å². The number of aromatic amines is 1. The van der Waals surface area contributed by atoms with Gasteiger partial charge in [-0.25, -0.2) is 9.37 Å². The Balaban J connectivity index is 1.52. The molecule has 0 atom stereocenters. The number of H-pyrrole nitrogens is 1. The monoisotopic (exact) mass is 311 g/mol. The van der Waals surface area contributed by atoms with E-state index >= 15 is 0 Å². The highest BCUT2D eigenvalue weighted by atomic mass is 19.1. The molecule has 0 aliphatic heterocycles. The van der Waals surface area contributed by atoms with Crippen LogP contribution in [0.25, 0.3) is 11.0 Å². The van der Waals surface area contributed by atoms with E-state index in [9.17, 15) is 9.18 Å². The summed E-state index contributed by atoms with van der Waals surface area (Å²) in [5.41, 5.74) is 3.88. The van der Waals surface area contributed by atoms with Gasteiger partial charge in [0.25, 0.3) is 0 Å². The van der Waals surface area contributed by atoms with E-state index in [1.54, 1.807) is 12.1 Å². The number of fused-ring (bicyclic) bond motifs is 1. The minimum atomic E-state index is -0.261. The molecule has 4 nitrogen and oxygen atoms in total. The molecular weight excluding hydrogens is 293 g/mol. The second-order valence-corrected chi connectivity index (χ2v) is 5.58. The largest absolute Gasteiger partial charge is 0.352 e. The molecule has 0 saturated carbocycles. The van der Waals surface area contributed by atoms with Crippen molar-refractivity contribution in [1.29, 1.82) is 0 Å². The number of carbonyl (C=O) groups excluding carboxylic acids is 1. The van der Waals surface area contributed by atoms with Gasteiger partial charge in [-0.3, -0.25) is 4.79 Å². The molecule has 23 heavy (non-hydrogen) atoms. The highest BCUT2D eigenvalue weighted by Gasteiger charge is 2.05. The van der Waals surface area contributed by atoms with Crippen LogP contribution in [0.5, 0.6) is 0 Å². The fourth-order valence-corrected chi connectivity index (χ4v) is 2.49. The molecule has 0 bridgehead atoms. The summed E-state index contributed by atoms with van der Waals surface area (Å²) in [7, 11) is 0. The van der Waals surface area contributed by atoms with Gasteiger partial charge in [0, 0.05) is 13.0 Å². The normalized spacial score (nSPS) is 10.9. The Morgan fingerprint density at radius 2 is 1.91 bits per heavy atom. The van der Waals surface area contributed by atoms with Crippen LogP contribution in [0.15, 0.2) is 42.5 Å². The Hall–Kier alpha value is -2.69. The zero-order valence-electron chi connectivity index (χ0n) is 12.9. The van der Waals surface area contributed by atoms with E-state index in [4.69, 9.17) is 0 Å². The number of aryl methyl sites for hydroxylation is 2. The lowest BCUT2D eigenvalue weighted by Gasteiger charge is -2.06. The summed E-state index contributed by atoms with van der Waals surface area (Å²) >= 11 is 0. The Kier molecular flexibility index (Phi) is 4.37. The standard InChI is InChI=1S/C18H18FN3O/c1-12-21-16-8-4-14(10-17(16)22-12)11-20-18(23)9-5-13-2-6-15(19)7-3-13/h2-4,6-8,10H,5,9,11H2,1H3,(H,20,23)(H,21,22). The summed E-state index contributed by atoms with van der Waals surface area (Å²) in [5, 5.41) is 2.90. The minimum absolute atomic E-state index is 0.0183. The minimum Gasteiger partial charge on any atom is -0.352 e. The van der Waals surface area contributed by atoms with Crippen molar-refractivity contribution in [1.82, 2.24) is 15.3 Å². The highest BCUT2D eigenvalue weighted by Crippen LogP contribution is 2.13. The Morgan fingerprint density at radius 1 is 1.17 bits per heavy atom. The Bertz CT molecular complexity index is 824. The average molecular weight is 311 g/mol. The third-order valence-corrected chi connectivity index (χ3v) is 3.71. The van der Waals surface area contributed by atoms with Crippen molar-refractivity contribution in [3.05, 3.63) is 65.2 Å². The maximum Gasteiger partial charge on any atom is 0.220 e. The lowest BCUT2D eigenvalue weighted by molar-refractivity contribution is -0.121. The molecule has 0 saturated heterocycles. The molecule has 0 fully saturated rings. The number of imidazole rings is 1. The predicted octanol–water partition coefficient (Wildman–Crippen LogP) is 3.26. The van der Waals surface area contributed by atoms with Crippen LogP contribution in [0.1, 0.15) is 23.4 Å². The van der Waals surface area contributed by atoms with Crippen molar-refractivity contribution in [3.8, 4) is 0 Å². The number of aromatic nitrogens is 2. The van der Waals surface area contributed by atoms with E-state index in [-0.39, 0.29) is 11.7 Å². The van der Waals surface area contributed by atoms with Crippen LogP contribution in [0, 0.1) is 12.7 Å². The Labute approximate surface area is 133 Å². The first-order valence-electron chi connectivity index (χ1n) is 7.56. The molecule has 0 unspecified atom stereocenters. The van der Waals surface area contributed by atoms with Crippen LogP contribution < -0.4 is 5.32 Å². The second-order valence-electron chi connectivity index (χ2n) is 5.58. The van der Waals surface area contributed by atoms with E-state index in [1.165, 1.54) is 12.1 Å². The quantitative estimate of drug-likeness (QED) is 0.760. The molecule has 1 amide bonds. The second kappa shape index (κ2) is 6.60. The van der Waals surface area contributed by atoms with Crippen molar-refractivity contribution in [2.75, 3.05) is 0 Å². The third-order valence-electron chi connectivity index (χ3n) is 3.71. The van der Waals surface area contributed by atoms with Gasteiger partial charge in [-0.1, -0.05) is 18.2 Å². The molecule has 2 N–H and O–H groups in total. The molecule has 118 valence electrons. The van der Waals surface area contributed by atoms with Crippen LogP contribution in [0.4, 0.5) is 4.39 Å². The van der Waals surface area contributed by atoms with Crippen molar-refractivity contribution in [3.63, 3.8) is 0 Å². The van der Waals surface area contributed by atoms with E-state index < -0.39 is 0 Å². The number of hydrogen-bond acceptors (Lipinski definition) is 2. The molecule has 1 heterocycles. The highest BCUT2D eigenvalue weighted by molar-refractivity contribution is 5.77. The van der Waals surface area contributed by atoms with Gasteiger partial charge in [-0.15, -0.1) is 0 Å². The van der Waals surface area contributed by atoms with Crippen LogP contribution in [-0.2, 0) is 17.8 Å². The summed E-state index contributed by atoms with van der Waals surface area (Å²) in [5.74, 6) is 0.596. The zero-order valence-corrected chi connectivity index (χ0v) is 12.9.